The van der Waals surface area contributed by atoms with Crippen molar-refractivity contribution in [3.63, 3.8) is 0 Å². The van der Waals surface area contributed by atoms with Gasteiger partial charge >= 0.3 is 0 Å². The van der Waals surface area contributed by atoms with E-state index >= 15 is 0 Å². The quantitative estimate of drug-likeness (QED) is 0.739. The van der Waals surface area contributed by atoms with E-state index in [1.807, 2.05) is 7.05 Å². The standard InChI is InChI=1S/C18H27N5O2S/c1-22(13-15(24)19-11-10-14-7-3-2-4-8-14)17-20-21-18(26-17)23-12-6-5-9-16(23)25/h7H,2-6,8-13H2,1H3,(H,19,24). The van der Waals surface area contributed by atoms with Crippen molar-refractivity contribution in [2.75, 3.05) is 36.5 Å². The van der Waals surface area contributed by atoms with Crippen LogP contribution < -0.4 is 15.1 Å². The van der Waals surface area contributed by atoms with Crippen LogP contribution in [-0.2, 0) is 9.59 Å². The molecule has 0 saturated carbocycles. The summed E-state index contributed by atoms with van der Waals surface area (Å²) in [7, 11) is 1.82. The van der Waals surface area contributed by atoms with Gasteiger partial charge in [-0.3, -0.25) is 14.5 Å². The van der Waals surface area contributed by atoms with Gasteiger partial charge in [-0.15, -0.1) is 10.2 Å². The highest BCUT2D eigenvalue weighted by molar-refractivity contribution is 7.19. The third kappa shape index (κ3) is 5.03. The predicted molar refractivity (Wildman–Crippen MR) is 104 cm³/mol. The molecule has 2 amide bonds. The smallest absolute Gasteiger partial charge is 0.239 e. The summed E-state index contributed by atoms with van der Waals surface area (Å²) in [5.74, 6) is 0.0890. The number of carbonyl (C=O) groups excluding carboxylic acids is 2. The zero-order chi connectivity index (χ0) is 18.4. The van der Waals surface area contributed by atoms with Crippen LogP contribution in [0.1, 0.15) is 51.4 Å². The molecule has 8 heteroatoms. The summed E-state index contributed by atoms with van der Waals surface area (Å²) in [4.78, 5) is 27.6. The molecule has 1 N–H and O–H groups in total. The molecule has 1 aliphatic heterocycles. The number of aromatic nitrogens is 2. The number of carbonyl (C=O) groups is 2. The van der Waals surface area contributed by atoms with Gasteiger partial charge in [0.25, 0.3) is 0 Å². The van der Waals surface area contributed by atoms with Crippen molar-refractivity contribution in [1.29, 1.82) is 0 Å². The fourth-order valence-electron chi connectivity index (χ4n) is 3.31. The van der Waals surface area contributed by atoms with Crippen LogP contribution in [0.4, 0.5) is 10.3 Å². The molecule has 1 aromatic heterocycles. The van der Waals surface area contributed by atoms with E-state index in [-0.39, 0.29) is 18.4 Å². The summed E-state index contributed by atoms with van der Waals surface area (Å²) in [6.07, 6.45) is 10.7. The molecular weight excluding hydrogens is 350 g/mol. The van der Waals surface area contributed by atoms with Crippen molar-refractivity contribution in [3.05, 3.63) is 11.6 Å². The second-order valence-corrected chi connectivity index (χ2v) is 7.87. The Bertz CT molecular complexity index is 672. The zero-order valence-corrected chi connectivity index (χ0v) is 16.2. The number of anilines is 2. The fourth-order valence-corrected chi connectivity index (χ4v) is 4.16. The van der Waals surface area contributed by atoms with Gasteiger partial charge in [0.1, 0.15) is 0 Å². The Morgan fingerprint density at radius 1 is 1.27 bits per heavy atom. The predicted octanol–water partition coefficient (Wildman–Crippen LogP) is 2.50. The van der Waals surface area contributed by atoms with E-state index in [2.05, 4.69) is 21.6 Å². The Morgan fingerprint density at radius 3 is 2.88 bits per heavy atom. The third-order valence-electron chi connectivity index (χ3n) is 4.82. The summed E-state index contributed by atoms with van der Waals surface area (Å²) in [6, 6.07) is 0. The SMILES string of the molecule is CN(CC(=O)NCCC1=CCCCC1)c1nnc(N2CCCCC2=O)s1. The highest BCUT2D eigenvalue weighted by Gasteiger charge is 2.24. The minimum atomic E-state index is -0.0188. The van der Waals surface area contributed by atoms with E-state index < -0.39 is 0 Å². The van der Waals surface area contributed by atoms with E-state index in [1.54, 1.807) is 9.80 Å². The highest BCUT2D eigenvalue weighted by atomic mass is 32.1. The molecule has 2 aliphatic rings. The summed E-state index contributed by atoms with van der Waals surface area (Å²) in [5, 5.41) is 12.5. The molecule has 26 heavy (non-hydrogen) atoms. The first kappa shape index (κ1) is 18.8. The van der Waals surface area contributed by atoms with Crippen molar-refractivity contribution >= 4 is 33.4 Å². The summed E-state index contributed by atoms with van der Waals surface area (Å²) in [5.41, 5.74) is 1.46. The summed E-state index contributed by atoms with van der Waals surface area (Å²) >= 11 is 1.36. The lowest BCUT2D eigenvalue weighted by Crippen LogP contribution is -2.35. The molecule has 1 aliphatic carbocycles. The van der Waals surface area contributed by atoms with Gasteiger partial charge in [-0.2, -0.15) is 0 Å². The Balaban J connectivity index is 1.45. The Labute approximate surface area is 158 Å². The van der Waals surface area contributed by atoms with Crippen molar-refractivity contribution in [3.8, 4) is 0 Å². The Hall–Kier alpha value is -1.96. The molecule has 2 heterocycles. The average Bonchev–Trinajstić information content (AvgIpc) is 3.13. The number of piperidine rings is 1. The van der Waals surface area contributed by atoms with Crippen LogP contribution in [0.5, 0.6) is 0 Å². The molecule has 0 radical (unpaired) electrons. The minimum absolute atomic E-state index is 0.0188. The normalized spacial score (nSPS) is 17.8. The molecule has 7 nitrogen and oxygen atoms in total. The van der Waals surface area contributed by atoms with E-state index in [9.17, 15) is 9.59 Å². The first-order chi connectivity index (χ1) is 12.6. The number of amides is 2. The topological polar surface area (TPSA) is 78.4 Å². The maximum Gasteiger partial charge on any atom is 0.239 e. The van der Waals surface area contributed by atoms with E-state index in [0.717, 1.165) is 19.3 Å². The van der Waals surface area contributed by atoms with Crippen molar-refractivity contribution in [1.82, 2.24) is 15.5 Å². The van der Waals surface area contributed by atoms with Crippen molar-refractivity contribution < 1.29 is 9.59 Å². The van der Waals surface area contributed by atoms with Gasteiger partial charge in [-0.1, -0.05) is 23.0 Å². The van der Waals surface area contributed by atoms with E-state index in [0.29, 0.717) is 29.8 Å². The number of hydrogen-bond donors (Lipinski definition) is 1. The first-order valence-corrected chi connectivity index (χ1v) is 10.2. The maximum atomic E-state index is 12.1. The second-order valence-electron chi connectivity index (χ2n) is 6.93. The van der Waals surface area contributed by atoms with Gasteiger partial charge in [0.15, 0.2) is 0 Å². The largest absolute Gasteiger partial charge is 0.354 e. The van der Waals surface area contributed by atoms with Crippen molar-refractivity contribution in [2.24, 2.45) is 0 Å². The van der Waals surface area contributed by atoms with Crippen LogP contribution >= 0.6 is 11.3 Å². The lowest BCUT2D eigenvalue weighted by molar-refractivity contribution is -0.120. The van der Waals surface area contributed by atoms with Crippen LogP contribution in [0.25, 0.3) is 0 Å². The monoisotopic (exact) mass is 377 g/mol. The molecule has 0 aromatic carbocycles. The Morgan fingerprint density at radius 2 is 2.12 bits per heavy atom. The van der Waals surface area contributed by atoms with Crippen LogP contribution in [0.3, 0.4) is 0 Å². The second kappa shape index (κ2) is 9.12. The molecule has 0 atom stereocenters. The lowest BCUT2D eigenvalue weighted by Gasteiger charge is -2.23. The molecule has 0 spiro atoms. The molecule has 1 aromatic rings. The van der Waals surface area contributed by atoms with Crippen LogP contribution in [0.15, 0.2) is 11.6 Å². The molecular formula is C18H27N5O2S. The lowest BCUT2D eigenvalue weighted by atomic mass is 9.97. The molecule has 3 rings (SSSR count). The third-order valence-corrected chi connectivity index (χ3v) is 5.88. The molecule has 0 bridgehead atoms. The first-order valence-electron chi connectivity index (χ1n) is 9.43. The number of nitrogens with zero attached hydrogens (tertiary/aromatic N) is 4. The average molecular weight is 378 g/mol. The van der Waals surface area contributed by atoms with Crippen LogP contribution in [0.2, 0.25) is 0 Å². The van der Waals surface area contributed by atoms with Crippen LogP contribution in [-0.4, -0.2) is 48.7 Å². The van der Waals surface area contributed by atoms with Gasteiger partial charge in [0.05, 0.1) is 6.54 Å². The van der Waals surface area contributed by atoms with Crippen LogP contribution in [0, 0.1) is 0 Å². The number of hydrogen-bond acceptors (Lipinski definition) is 6. The molecule has 1 saturated heterocycles. The number of nitrogens with one attached hydrogen (secondary N) is 1. The summed E-state index contributed by atoms with van der Waals surface area (Å²) < 4.78 is 0. The van der Waals surface area contributed by atoms with E-state index in [4.69, 9.17) is 0 Å². The molecule has 1 fully saturated rings. The Kier molecular flexibility index (Phi) is 6.60. The highest BCUT2D eigenvalue weighted by Crippen LogP contribution is 2.28. The van der Waals surface area contributed by atoms with Gasteiger partial charge in [0.2, 0.25) is 22.1 Å². The van der Waals surface area contributed by atoms with Gasteiger partial charge in [0, 0.05) is 26.6 Å². The van der Waals surface area contributed by atoms with Gasteiger partial charge in [-0.25, -0.2) is 0 Å². The van der Waals surface area contributed by atoms with Gasteiger partial charge in [-0.05, 0) is 44.9 Å². The number of allylic oxidation sites excluding steroid dienone is 1. The fraction of sp³-hybridized carbons (Fsp3) is 0.667. The minimum Gasteiger partial charge on any atom is -0.354 e. The van der Waals surface area contributed by atoms with Crippen molar-refractivity contribution in [2.45, 2.75) is 51.4 Å². The molecule has 0 unspecified atom stereocenters. The summed E-state index contributed by atoms with van der Waals surface area (Å²) in [6.45, 7) is 1.62. The zero-order valence-electron chi connectivity index (χ0n) is 15.4. The van der Waals surface area contributed by atoms with Gasteiger partial charge < -0.3 is 10.2 Å². The number of rotatable bonds is 7. The van der Waals surface area contributed by atoms with E-state index in [1.165, 1.54) is 42.6 Å². The number of likely N-dealkylation sites (N-methyl/N-ethyl adjacent to an activating group) is 1. The molecule has 142 valence electrons. The maximum absolute atomic E-state index is 12.1.